The number of nitrogens with one attached hydrogen (secondary N) is 1. The van der Waals surface area contributed by atoms with Gasteiger partial charge in [0.05, 0.1) is 4.90 Å². The SMILES string of the molecule is CN1CCN(c2ccc(S(=O)(=O)N3CCC(C(=O)NCCc4ccccc4)CC3)cc2)CC1. The summed E-state index contributed by atoms with van der Waals surface area (Å²) in [7, 11) is -1.43. The van der Waals surface area contributed by atoms with Crippen LogP contribution in [0.25, 0.3) is 0 Å². The number of carbonyl (C=O) groups excluding carboxylic acids is 1. The quantitative estimate of drug-likeness (QED) is 0.672. The van der Waals surface area contributed by atoms with Crippen molar-refractivity contribution in [1.29, 1.82) is 0 Å². The minimum atomic E-state index is -3.55. The average molecular weight is 471 g/mol. The molecule has 7 nitrogen and oxygen atoms in total. The van der Waals surface area contributed by atoms with Crippen LogP contribution in [-0.2, 0) is 21.2 Å². The number of likely N-dealkylation sites (N-methyl/N-ethyl adjacent to an activating group) is 1. The molecule has 0 atom stereocenters. The fourth-order valence-corrected chi connectivity index (χ4v) is 5.99. The molecule has 2 aromatic carbocycles. The van der Waals surface area contributed by atoms with Gasteiger partial charge < -0.3 is 15.1 Å². The summed E-state index contributed by atoms with van der Waals surface area (Å²) in [6.07, 6.45) is 1.90. The molecule has 0 saturated carbocycles. The highest BCUT2D eigenvalue weighted by atomic mass is 32.2. The van der Waals surface area contributed by atoms with Crippen LogP contribution in [0.3, 0.4) is 0 Å². The Bertz CT molecular complexity index is 1010. The fourth-order valence-electron chi connectivity index (χ4n) is 4.52. The Labute approximate surface area is 197 Å². The molecule has 0 radical (unpaired) electrons. The van der Waals surface area contributed by atoms with Gasteiger partial charge in [0.25, 0.3) is 0 Å². The van der Waals surface area contributed by atoms with Crippen LogP contribution in [0.15, 0.2) is 59.5 Å². The van der Waals surface area contributed by atoms with Crippen LogP contribution in [0.2, 0.25) is 0 Å². The second kappa shape index (κ2) is 10.7. The summed E-state index contributed by atoms with van der Waals surface area (Å²) in [6.45, 7) is 5.26. The zero-order valence-corrected chi connectivity index (χ0v) is 20.1. The predicted molar refractivity (Wildman–Crippen MR) is 131 cm³/mol. The van der Waals surface area contributed by atoms with Gasteiger partial charge in [-0.2, -0.15) is 4.31 Å². The molecule has 33 heavy (non-hydrogen) atoms. The van der Waals surface area contributed by atoms with Gasteiger partial charge in [0.15, 0.2) is 0 Å². The number of rotatable bonds is 7. The van der Waals surface area contributed by atoms with Gasteiger partial charge in [-0.15, -0.1) is 0 Å². The molecule has 2 fully saturated rings. The molecule has 178 valence electrons. The Morgan fingerprint density at radius 3 is 2.18 bits per heavy atom. The van der Waals surface area contributed by atoms with Crippen LogP contribution in [0.4, 0.5) is 5.69 Å². The van der Waals surface area contributed by atoms with E-state index in [2.05, 4.69) is 22.2 Å². The maximum Gasteiger partial charge on any atom is 0.243 e. The lowest BCUT2D eigenvalue weighted by Crippen LogP contribution is -2.44. The van der Waals surface area contributed by atoms with Crippen LogP contribution < -0.4 is 10.2 Å². The maximum atomic E-state index is 13.1. The van der Waals surface area contributed by atoms with E-state index >= 15 is 0 Å². The normalized spacial score (nSPS) is 18.9. The molecule has 0 spiro atoms. The Hall–Kier alpha value is -2.42. The summed E-state index contributed by atoms with van der Waals surface area (Å²) >= 11 is 0. The molecule has 1 amide bonds. The van der Waals surface area contributed by atoms with Crippen molar-refractivity contribution in [3.8, 4) is 0 Å². The van der Waals surface area contributed by atoms with Crippen LogP contribution in [0, 0.1) is 5.92 Å². The first-order valence-corrected chi connectivity index (χ1v) is 13.2. The lowest BCUT2D eigenvalue weighted by atomic mass is 9.97. The number of piperazine rings is 1. The molecule has 0 unspecified atom stereocenters. The van der Waals surface area contributed by atoms with Crippen molar-refractivity contribution < 1.29 is 13.2 Å². The van der Waals surface area contributed by atoms with E-state index in [1.165, 1.54) is 9.87 Å². The molecule has 8 heteroatoms. The summed E-state index contributed by atoms with van der Waals surface area (Å²) in [5.41, 5.74) is 2.25. The minimum absolute atomic E-state index is 0.0273. The number of anilines is 1. The molecule has 0 aromatic heterocycles. The van der Waals surface area contributed by atoms with E-state index < -0.39 is 10.0 Å². The molecule has 2 aliphatic heterocycles. The van der Waals surface area contributed by atoms with E-state index in [0.29, 0.717) is 37.4 Å². The Balaban J connectivity index is 1.27. The van der Waals surface area contributed by atoms with Gasteiger partial charge in [-0.25, -0.2) is 8.42 Å². The van der Waals surface area contributed by atoms with E-state index in [1.54, 1.807) is 12.1 Å². The second-order valence-electron chi connectivity index (χ2n) is 8.99. The lowest BCUT2D eigenvalue weighted by molar-refractivity contribution is -0.126. The molecule has 2 aliphatic rings. The number of nitrogens with zero attached hydrogens (tertiary/aromatic N) is 3. The summed E-state index contributed by atoms with van der Waals surface area (Å²) in [4.78, 5) is 17.4. The number of benzene rings is 2. The van der Waals surface area contributed by atoms with Crippen molar-refractivity contribution in [2.24, 2.45) is 5.92 Å². The number of amides is 1. The van der Waals surface area contributed by atoms with Crippen molar-refractivity contribution in [3.05, 3.63) is 60.2 Å². The lowest BCUT2D eigenvalue weighted by Gasteiger charge is -2.34. The Morgan fingerprint density at radius 1 is 0.909 bits per heavy atom. The predicted octanol–water partition coefficient (Wildman–Crippen LogP) is 2.20. The molecule has 4 rings (SSSR count). The van der Waals surface area contributed by atoms with Crippen molar-refractivity contribution >= 4 is 21.6 Å². The van der Waals surface area contributed by atoms with Gasteiger partial charge in [0, 0.05) is 57.4 Å². The second-order valence-corrected chi connectivity index (χ2v) is 10.9. The molecule has 1 N–H and O–H groups in total. The summed E-state index contributed by atoms with van der Waals surface area (Å²) < 4.78 is 27.8. The van der Waals surface area contributed by atoms with Gasteiger partial charge in [0.1, 0.15) is 0 Å². The first kappa shape index (κ1) is 23.7. The van der Waals surface area contributed by atoms with E-state index in [-0.39, 0.29) is 11.8 Å². The highest BCUT2D eigenvalue weighted by molar-refractivity contribution is 7.89. The summed E-state index contributed by atoms with van der Waals surface area (Å²) in [5, 5.41) is 3.01. The monoisotopic (exact) mass is 470 g/mol. The third-order valence-electron chi connectivity index (χ3n) is 6.72. The first-order valence-electron chi connectivity index (χ1n) is 11.8. The minimum Gasteiger partial charge on any atom is -0.369 e. The zero-order chi connectivity index (χ0) is 23.3. The van der Waals surface area contributed by atoms with E-state index in [4.69, 9.17) is 0 Å². The fraction of sp³-hybridized carbons (Fsp3) is 0.480. The molecule has 0 bridgehead atoms. The molecular formula is C25H34N4O3S. The molecule has 2 heterocycles. The van der Waals surface area contributed by atoms with Crippen LogP contribution in [0.1, 0.15) is 18.4 Å². The first-order chi connectivity index (χ1) is 15.9. The molecule has 2 aromatic rings. The van der Waals surface area contributed by atoms with Crippen molar-refractivity contribution in [2.45, 2.75) is 24.2 Å². The smallest absolute Gasteiger partial charge is 0.243 e. The largest absolute Gasteiger partial charge is 0.369 e. The summed E-state index contributed by atoms with van der Waals surface area (Å²) in [6, 6.07) is 17.3. The Kier molecular flexibility index (Phi) is 7.67. The van der Waals surface area contributed by atoms with Crippen molar-refractivity contribution in [1.82, 2.24) is 14.5 Å². The van der Waals surface area contributed by atoms with Crippen molar-refractivity contribution in [3.63, 3.8) is 0 Å². The average Bonchev–Trinajstić information content (AvgIpc) is 2.85. The van der Waals surface area contributed by atoms with Gasteiger partial charge in [-0.05, 0) is 56.1 Å². The van der Waals surface area contributed by atoms with E-state index in [1.807, 2.05) is 42.5 Å². The maximum absolute atomic E-state index is 13.1. The number of piperidine rings is 1. The van der Waals surface area contributed by atoms with E-state index in [9.17, 15) is 13.2 Å². The molecule has 0 aliphatic carbocycles. The highest BCUT2D eigenvalue weighted by Gasteiger charge is 2.32. The number of hydrogen-bond acceptors (Lipinski definition) is 5. The van der Waals surface area contributed by atoms with Crippen LogP contribution >= 0.6 is 0 Å². The Morgan fingerprint density at radius 2 is 1.55 bits per heavy atom. The van der Waals surface area contributed by atoms with Crippen molar-refractivity contribution in [2.75, 3.05) is 57.8 Å². The summed E-state index contributed by atoms with van der Waals surface area (Å²) in [5.74, 6) is -0.105. The van der Waals surface area contributed by atoms with Gasteiger partial charge >= 0.3 is 0 Å². The standard InChI is InChI=1S/C25H34N4O3S/c1-27-17-19-28(20-18-27)23-7-9-24(10-8-23)33(31,32)29-15-12-22(13-16-29)25(30)26-14-11-21-5-3-2-4-6-21/h2-10,22H,11-20H2,1H3,(H,26,30). The van der Waals surface area contributed by atoms with Gasteiger partial charge in [0.2, 0.25) is 15.9 Å². The number of sulfonamides is 1. The third kappa shape index (κ3) is 5.93. The van der Waals surface area contributed by atoms with Crippen LogP contribution in [-0.4, -0.2) is 76.4 Å². The zero-order valence-electron chi connectivity index (χ0n) is 19.3. The van der Waals surface area contributed by atoms with Crippen LogP contribution in [0.5, 0.6) is 0 Å². The number of carbonyl (C=O) groups is 1. The number of hydrogen-bond donors (Lipinski definition) is 1. The van der Waals surface area contributed by atoms with E-state index in [0.717, 1.165) is 38.3 Å². The van der Waals surface area contributed by atoms with Gasteiger partial charge in [-0.1, -0.05) is 30.3 Å². The molecular weight excluding hydrogens is 436 g/mol. The highest BCUT2D eigenvalue weighted by Crippen LogP contribution is 2.26. The topological polar surface area (TPSA) is 73.0 Å². The van der Waals surface area contributed by atoms with Gasteiger partial charge in [-0.3, -0.25) is 4.79 Å². The molecule has 2 saturated heterocycles. The third-order valence-corrected chi connectivity index (χ3v) is 8.64.